The average Bonchev–Trinajstić information content (AvgIpc) is 2.32. The van der Waals surface area contributed by atoms with Crippen molar-refractivity contribution in [1.29, 1.82) is 0 Å². The zero-order valence-electron chi connectivity index (χ0n) is 11.1. The van der Waals surface area contributed by atoms with Gasteiger partial charge in [0.25, 0.3) is 5.91 Å². The molecule has 1 aliphatic heterocycles. The number of carbonyl (C=O) groups excluding carboxylic acids is 2. The lowest BCUT2D eigenvalue weighted by molar-refractivity contribution is -0.124. The summed E-state index contributed by atoms with van der Waals surface area (Å²) in [6, 6.07) is 3.67. The molecular weight excluding hydrogens is 228 g/mol. The van der Waals surface area contributed by atoms with E-state index in [1.807, 2.05) is 32.9 Å². The van der Waals surface area contributed by atoms with Crippen LogP contribution < -0.4 is 0 Å². The van der Waals surface area contributed by atoms with Crippen LogP contribution in [-0.4, -0.2) is 34.7 Å². The van der Waals surface area contributed by atoms with Gasteiger partial charge in [-0.3, -0.25) is 14.6 Å². The molecule has 18 heavy (non-hydrogen) atoms. The molecule has 0 aliphatic carbocycles. The number of aromatic nitrogens is 1. The van der Waals surface area contributed by atoms with Crippen LogP contribution in [0.5, 0.6) is 0 Å². The Morgan fingerprint density at radius 2 is 2.11 bits per heavy atom. The van der Waals surface area contributed by atoms with Crippen molar-refractivity contribution in [1.82, 2.24) is 9.88 Å². The number of ketones is 1. The summed E-state index contributed by atoms with van der Waals surface area (Å²) in [4.78, 5) is 29.9. The number of nitrogens with zero attached hydrogens (tertiary/aromatic N) is 2. The van der Waals surface area contributed by atoms with Crippen molar-refractivity contribution in [2.75, 3.05) is 13.1 Å². The first kappa shape index (κ1) is 12.7. The van der Waals surface area contributed by atoms with Gasteiger partial charge in [-0.15, -0.1) is 0 Å². The van der Waals surface area contributed by atoms with Crippen molar-refractivity contribution in [3.63, 3.8) is 0 Å². The molecule has 0 radical (unpaired) electrons. The number of hydrogen-bond donors (Lipinski definition) is 0. The second-order valence-electron chi connectivity index (χ2n) is 4.95. The zero-order chi connectivity index (χ0) is 13.3. The van der Waals surface area contributed by atoms with E-state index < -0.39 is 0 Å². The van der Waals surface area contributed by atoms with Crippen LogP contribution in [0.15, 0.2) is 12.1 Å². The number of hydrogen-bond acceptors (Lipinski definition) is 3. The summed E-state index contributed by atoms with van der Waals surface area (Å²) in [6.45, 7) is 6.67. The van der Waals surface area contributed by atoms with Crippen LogP contribution in [0, 0.1) is 19.8 Å². The molecule has 2 heterocycles. The average molecular weight is 246 g/mol. The van der Waals surface area contributed by atoms with E-state index in [0.717, 1.165) is 11.4 Å². The number of aryl methyl sites for hydroxylation is 2. The van der Waals surface area contributed by atoms with Crippen molar-refractivity contribution in [3.8, 4) is 0 Å². The van der Waals surface area contributed by atoms with Gasteiger partial charge in [0.15, 0.2) is 0 Å². The molecular formula is C14H18N2O2. The van der Waals surface area contributed by atoms with E-state index in [9.17, 15) is 9.59 Å². The van der Waals surface area contributed by atoms with E-state index >= 15 is 0 Å². The molecule has 1 fully saturated rings. The van der Waals surface area contributed by atoms with E-state index in [2.05, 4.69) is 4.98 Å². The third-order valence-corrected chi connectivity index (χ3v) is 3.41. The molecule has 96 valence electrons. The van der Waals surface area contributed by atoms with Crippen molar-refractivity contribution in [3.05, 3.63) is 29.1 Å². The maximum atomic E-state index is 12.4. The minimum absolute atomic E-state index is 0.0145. The summed E-state index contributed by atoms with van der Waals surface area (Å²) in [5.74, 6) is 0.179. The monoisotopic (exact) mass is 246 g/mol. The highest BCUT2D eigenvalue weighted by atomic mass is 16.2. The lowest BCUT2D eigenvalue weighted by Gasteiger charge is -2.30. The molecule has 0 aromatic carbocycles. The Balaban J connectivity index is 2.19. The molecule has 1 aromatic rings. The number of amides is 1. The molecule has 1 aliphatic rings. The van der Waals surface area contributed by atoms with E-state index in [4.69, 9.17) is 0 Å². The number of pyridine rings is 1. The van der Waals surface area contributed by atoms with Gasteiger partial charge in [0, 0.05) is 31.1 Å². The third kappa shape index (κ3) is 2.42. The molecule has 0 bridgehead atoms. The van der Waals surface area contributed by atoms with Gasteiger partial charge in [-0.2, -0.15) is 0 Å². The molecule has 0 spiro atoms. The van der Waals surface area contributed by atoms with Crippen LogP contribution >= 0.6 is 0 Å². The van der Waals surface area contributed by atoms with Crippen molar-refractivity contribution >= 4 is 11.7 Å². The molecule has 4 nitrogen and oxygen atoms in total. The Morgan fingerprint density at radius 1 is 1.39 bits per heavy atom. The standard InChI is InChI=1S/C14H18N2O2/c1-9-8-16(7-6-13(9)17)14(18)12-5-4-10(2)15-11(12)3/h4-5,9H,6-8H2,1-3H3. The maximum Gasteiger partial charge on any atom is 0.255 e. The highest BCUT2D eigenvalue weighted by molar-refractivity contribution is 5.96. The smallest absolute Gasteiger partial charge is 0.255 e. The van der Waals surface area contributed by atoms with Gasteiger partial charge in [-0.1, -0.05) is 6.92 Å². The maximum absolute atomic E-state index is 12.4. The van der Waals surface area contributed by atoms with E-state index in [1.54, 1.807) is 4.90 Å². The Morgan fingerprint density at radius 3 is 2.72 bits per heavy atom. The molecule has 1 unspecified atom stereocenters. The lowest BCUT2D eigenvalue weighted by Crippen LogP contribution is -2.43. The second-order valence-corrected chi connectivity index (χ2v) is 4.95. The summed E-state index contributed by atoms with van der Waals surface area (Å²) in [5.41, 5.74) is 2.30. The molecule has 1 aromatic heterocycles. The fraction of sp³-hybridized carbons (Fsp3) is 0.500. The van der Waals surface area contributed by atoms with Crippen LogP contribution in [0.2, 0.25) is 0 Å². The van der Waals surface area contributed by atoms with Gasteiger partial charge in [-0.05, 0) is 26.0 Å². The summed E-state index contributed by atoms with van der Waals surface area (Å²) in [7, 11) is 0. The number of rotatable bonds is 1. The first-order valence-corrected chi connectivity index (χ1v) is 6.25. The molecule has 2 rings (SSSR count). The van der Waals surface area contributed by atoms with Gasteiger partial charge < -0.3 is 4.90 Å². The van der Waals surface area contributed by atoms with Crippen molar-refractivity contribution in [2.45, 2.75) is 27.2 Å². The summed E-state index contributed by atoms with van der Waals surface area (Å²) in [5, 5.41) is 0. The largest absolute Gasteiger partial charge is 0.337 e. The molecule has 4 heteroatoms. The predicted molar refractivity (Wildman–Crippen MR) is 68.4 cm³/mol. The number of Topliss-reactive ketones (excluding diaryl/α,β-unsaturated/α-hetero) is 1. The minimum atomic E-state index is -0.0542. The predicted octanol–water partition coefficient (Wildman–Crippen LogP) is 1.75. The van der Waals surface area contributed by atoms with Gasteiger partial charge in [0.2, 0.25) is 0 Å². The van der Waals surface area contributed by atoms with Crippen LogP contribution in [-0.2, 0) is 4.79 Å². The summed E-state index contributed by atoms with van der Waals surface area (Å²) in [6.07, 6.45) is 0.464. The fourth-order valence-corrected chi connectivity index (χ4v) is 2.28. The normalized spacial score (nSPS) is 20.1. The fourth-order valence-electron chi connectivity index (χ4n) is 2.28. The highest BCUT2D eigenvalue weighted by Crippen LogP contribution is 2.17. The van der Waals surface area contributed by atoms with E-state index in [-0.39, 0.29) is 17.6 Å². The van der Waals surface area contributed by atoms with Crippen LogP contribution in [0.25, 0.3) is 0 Å². The molecule has 1 atom stereocenters. The molecule has 0 N–H and O–H groups in total. The first-order valence-electron chi connectivity index (χ1n) is 6.25. The van der Waals surface area contributed by atoms with Crippen LogP contribution in [0.1, 0.15) is 35.1 Å². The zero-order valence-corrected chi connectivity index (χ0v) is 11.1. The first-order chi connectivity index (χ1) is 8.49. The van der Waals surface area contributed by atoms with Crippen LogP contribution in [0.3, 0.4) is 0 Å². The number of piperidine rings is 1. The van der Waals surface area contributed by atoms with Gasteiger partial charge in [0.1, 0.15) is 5.78 Å². The lowest BCUT2D eigenvalue weighted by atomic mass is 9.98. The van der Waals surface area contributed by atoms with Gasteiger partial charge >= 0.3 is 0 Å². The SMILES string of the molecule is Cc1ccc(C(=O)N2CCC(=O)C(C)C2)c(C)n1. The van der Waals surface area contributed by atoms with E-state index in [1.165, 1.54) is 0 Å². The Hall–Kier alpha value is -1.71. The topological polar surface area (TPSA) is 50.3 Å². The number of carbonyl (C=O) groups is 2. The third-order valence-electron chi connectivity index (χ3n) is 3.41. The summed E-state index contributed by atoms with van der Waals surface area (Å²) < 4.78 is 0. The van der Waals surface area contributed by atoms with Gasteiger partial charge in [-0.25, -0.2) is 0 Å². The minimum Gasteiger partial charge on any atom is -0.337 e. The van der Waals surface area contributed by atoms with Gasteiger partial charge in [0.05, 0.1) is 11.3 Å². The van der Waals surface area contributed by atoms with E-state index in [0.29, 0.717) is 25.1 Å². The quantitative estimate of drug-likeness (QED) is 0.758. The number of likely N-dealkylation sites (tertiary alicyclic amines) is 1. The highest BCUT2D eigenvalue weighted by Gasteiger charge is 2.27. The molecule has 1 saturated heterocycles. The van der Waals surface area contributed by atoms with Crippen LogP contribution in [0.4, 0.5) is 0 Å². The summed E-state index contributed by atoms with van der Waals surface area (Å²) >= 11 is 0. The Kier molecular flexibility index (Phi) is 3.45. The Bertz CT molecular complexity index is 497. The molecule has 1 amide bonds. The second kappa shape index (κ2) is 4.88. The van der Waals surface area contributed by atoms with Crippen molar-refractivity contribution < 1.29 is 9.59 Å². The van der Waals surface area contributed by atoms with Crippen molar-refractivity contribution in [2.24, 2.45) is 5.92 Å². The molecule has 0 saturated carbocycles. The Labute approximate surface area is 107 Å².